The highest BCUT2D eigenvalue weighted by Gasteiger charge is 2.47. The number of benzene rings is 1. The highest BCUT2D eigenvalue weighted by atomic mass is 28.4. The van der Waals surface area contributed by atoms with E-state index >= 15 is 0 Å². The van der Waals surface area contributed by atoms with E-state index in [9.17, 15) is 0 Å². The lowest BCUT2D eigenvalue weighted by Crippen LogP contribution is -2.50. The number of rotatable bonds is 5. The zero-order valence-electron chi connectivity index (χ0n) is 13.4. The van der Waals surface area contributed by atoms with Gasteiger partial charge in [0.2, 0.25) is 0 Å². The first-order valence-electron chi connectivity index (χ1n) is 7.27. The van der Waals surface area contributed by atoms with Crippen LogP contribution in [0.5, 0.6) is 5.75 Å². The van der Waals surface area contributed by atoms with Crippen molar-refractivity contribution in [3.63, 3.8) is 0 Å². The highest BCUT2D eigenvalue weighted by molar-refractivity contribution is 6.78. The summed E-state index contributed by atoms with van der Waals surface area (Å²) in [6, 6.07) is 5.96. The fourth-order valence-electron chi connectivity index (χ4n) is 3.27. The second-order valence-electron chi connectivity index (χ2n) is 6.44. The van der Waals surface area contributed by atoms with Gasteiger partial charge in [-0.3, -0.25) is 0 Å². The Labute approximate surface area is 119 Å². The average Bonchev–Trinajstić information content (AvgIpc) is 2.28. The largest absolute Gasteiger partial charge is 0.542 e. The van der Waals surface area contributed by atoms with Gasteiger partial charge < -0.3 is 10.2 Å². The number of hydrogen-bond acceptors (Lipinski definition) is 2. The molecule has 19 heavy (non-hydrogen) atoms. The fourth-order valence-corrected chi connectivity index (χ4v) is 8.58. The Balaban J connectivity index is 3.24. The molecule has 0 aliphatic carbocycles. The van der Waals surface area contributed by atoms with Crippen LogP contribution in [0.25, 0.3) is 0 Å². The molecule has 0 atom stereocenters. The minimum Gasteiger partial charge on any atom is -0.542 e. The molecule has 3 heteroatoms. The first-order chi connectivity index (χ1) is 8.71. The molecule has 0 aromatic heterocycles. The first-order valence-corrected chi connectivity index (χ1v) is 9.41. The summed E-state index contributed by atoms with van der Waals surface area (Å²) in [6.45, 7) is 15.9. The van der Waals surface area contributed by atoms with E-state index in [1.807, 2.05) is 18.2 Å². The molecule has 0 saturated heterocycles. The summed E-state index contributed by atoms with van der Waals surface area (Å²) in [4.78, 5) is 0. The molecule has 0 amide bonds. The van der Waals surface area contributed by atoms with Gasteiger partial charge in [-0.15, -0.1) is 0 Å². The summed E-state index contributed by atoms with van der Waals surface area (Å²) in [7, 11) is -1.88. The molecule has 2 nitrogen and oxygen atoms in total. The Morgan fingerprint density at radius 2 is 1.42 bits per heavy atom. The number of nitrogen functional groups attached to an aromatic ring is 1. The minimum absolute atomic E-state index is 0.577. The van der Waals surface area contributed by atoms with Gasteiger partial charge in [-0.05, 0) is 35.2 Å². The number of hydrogen-bond donors (Lipinski definition) is 1. The Morgan fingerprint density at radius 3 is 1.84 bits per heavy atom. The fraction of sp³-hybridized carbons (Fsp3) is 0.625. The quantitative estimate of drug-likeness (QED) is 0.599. The molecule has 0 aliphatic heterocycles. The zero-order valence-corrected chi connectivity index (χ0v) is 14.4. The van der Waals surface area contributed by atoms with Gasteiger partial charge in [0.05, 0.1) is 0 Å². The van der Waals surface area contributed by atoms with Crippen LogP contribution in [0.1, 0.15) is 47.1 Å². The lowest BCUT2D eigenvalue weighted by Gasteiger charge is -2.42. The lowest BCUT2D eigenvalue weighted by molar-refractivity contribution is 0.477. The zero-order chi connectivity index (χ0) is 14.8. The van der Waals surface area contributed by atoms with Crippen molar-refractivity contribution in [2.24, 2.45) is 0 Å². The van der Waals surface area contributed by atoms with Crippen LogP contribution in [0.2, 0.25) is 16.6 Å². The van der Waals surface area contributed by atoms with Crippen LogP contribution in [0.15, 0.2) is 18.2 Å². The number of aryl methyl sites for hydroxylation is 1. The van der Waals surface area contributed by atoms with E-state index in [1.54, 1.807) is 0 Å². The van der Waals surface area contributed by atoms with Crippen molar-refractivity contribution in [2.75, 3.05) is 5.73 Å². The van der Waals surface area contributed by atoms with Crippen molar-refractivity contribution in [2.45, 2.75) is 65.1 Å². The molecule has 0 aliphatic rings. The number of anilines is 1. The molecule has 0 saturated carbocycles. The molecule has 2 N–H and O–H groups in total. The van der Waals surface area contributed by atoms with E-state index in [0.29, 0.717) is 16.6 Å². The summed E-state index contributed by atoms with van der Waals surface area (Å²) < 4.78 is 6.66. The smallest absolute Gasteiger partial charge is 0.258 e. The van der Waals surface area contributed by atoms with E-state index in [1.165, 1.54) is 5.56 Å². The number of nitrogens with two attached hydrogens (primary N) is 1. The third kappa shape index (κ3) is 3.14. The van der Waals surface area contributed by atoms with Crippen molar-refractivity contribution >= 4 is 14.0 Å². The maximum atomic E-state index is 6.66. The van der Waals surface area contributed by atoms with Gasteiger partial charge >= 0.3 is 0 Å². The Kier molecular flexibility index (Phi) is 5.08. The Morgan fingerprint density at radius 1 is 0.947 bits per heavy atom. The third-order valence-corrected chi connectivity index (χ3v) is 10.2. The van der Waals surface area contributed by atoms with Gasteiger partial charge in [0, 0.05) is 11.8 Å². The van der Waals surface area contributed by atoms with Crippen LogP contribution >= 0.6 is 0 Å². The Hall–Kier alpha value is -0.963. The molecule has 0 fully saturated rings. The van der Waals surface area contributed by atoms with Crippen molar-refractivity contribution in [3.05, 3.63) is 23.8 Å². The molecule has 0 heterocycles. The molecular weight excluding hydrogens is 250 g/mol. The van der Waals surface area contributed by atoms with Gasteiger partial charge in [-0.2, -0.15) is 0 Å². The standard InChI is InChI=1S/C16H29NOSi/c1-11(2)19(12(3)4,13(5)6)18-16-10-15(17)9-8-14(16)7/h8-13H,17H2,1-7H3. The van der Waals surface area contributed by atoms with E-state index in [-0.39, 0.29) is 0 Å². The lowest BCUT2D eigenvalue weighted by atomic mass is 10.2. The van der Waals surface area contributed by atoms with Crippen LogP contribution in [0.4, 0.5) is 5.69 Å². The van der Waals surface area contributed by atoms with E-state index < -0.39 is 8.32 Å². The normalized spacial score (nSPS) is 12.5. The molecule has 0 spiro atoms. The predicted molar refractivity (Wildman–Crippen MR) is 87.3 cm³/mol. The predicted octanol–water partition coefficient (Wildman–Crippen LogP) is 5.13. The van der Waals surface area contributed by atoms with Gasteiger partial charge in [-0.25, -0.2) is 0 Å². The first kappa shape index (κ1) is 16.1. The maximum Gasteiger partial charge on any atom is 0.258 e. The highest BCUT2D eigenvalue weighted by Crippen LogP contribution is 2.43. The minimum atomic E-state index is -1.88. The summed E-state index contributed by atoms with van der Waals surface area (Å²) in [6.07, 6.45) is 0. The van der Waals surface area contributed by atoms with Crippen molar-refractivity contribution in [1.82, 2.24) is 0 Å². The molecular formula is C16H29NOSi. The molecule has 1 rings (SSSR count). The van der Waals surface area contributed by atoms with Gasteiger partial charge in [0.15, 0.2) is 0 Å². The molecule has 1 aromatic carbocycles. The van der Waals surface area contributed by atoms with Gasteiger partial charge in [0.25, 0.3) is 8.32 Å². The van der Waals surface area contributed by atoms with Crippen LogP contribution in [0.3, 0.4) is 0 Å². The van der Waals surface area contributed by atoms with E-state index in [4.69, 9.17) is 10.2 Å². The van der Waals surface area contributed by atoms with Crippen molar-refractivity contribution in [1.29, 1.82) is 0 Å². The van der Waals surface area contributed by atoms with E-state index in [0.717, 1.165) is 11.4 Å². The van der Waals surface area contributed by atoms with Crippen LogP contribution in [-0.2, 0) is 0 Å². The SMILES string of the molecule is Cc1ccc(N)cc1O[Si](C(C)C)(C(C)C)C(C)C. The van der Waals surface area contributed by atoms with Crippen LogP contribution in [-0.4, -0.2) is 8.32 Å². The molecule has 1 aromatic rings. The summed E-state index contributed by atoms with van der Waals surface area (Å²) in [5, 5.41) is 0. The molecule has 108 valence electrons. The van der Waals surface area contributed by atoms with Gasteiger partial charge in [0.1, 0.15) is 5.75 Å². The maximum absolute atomic E-state index is 6.66. The Bertz CT molecular complexity index is 405. The second-order valence-corrected chi connectivity index (χ2v) is 11.8. The van der Waals surface area contributed by atoms with E-state index in [2.05, 4.69) is 48.5 Å². The second kappa shape index (κ2) is 5.99. The topological polar surface area (TPSA) is 35.2 Å². The molecule has 0 unspecified atom stereocenters. The monoisotopic (exact) mass is 279 g/mol. The van der Waals surface area contributed by atoms with Gasteiger partial charge in [-0.1, -0.05) is 47.6 Å². The van der Waals surface area contributed by atoms with Crippen molar-refractivity contribution < 1.29 is 4.43 Å². The average molecular weight is 280 g/mol. The summed E-state index contributed by atoms with van der Waals surface area (Å²) in [5.41, 5.74) is 9.59. The molecule has 0 bridgehead atoms. The molecule has 0 radical (unpaired) electrons. The third-order valence-electron chi connectivity index (χ3n) is 4.21. The van der Waals surface area contributed by atoms with Crippen LogP contribution in [0, 0.1) is 6.92 Å². The van der Waals surface area contributed by atoms with Crippen molar-refractivity contribution in [3.8, 4) is 5.75 Å². The summed E-state index contributed by atoms with van der Waals surface area (Å²) in [5.74, 6) is 0.975. The van der Waals surface area contributed by atoms with Crippen LogP contribution < -0.4 is 10.2 Å². The summed E-state index contributed by atoms with van der Waals surface area (Å²) >= 11 is 0.